The van der Waals surface area contributed by atoms with Gasteiger partial charge in [-0.3, -0.25) is 19.8 Å². The summed E-state index contributed by atoms with van der Waals surface area (Å²) >= 11 is 0. The van der Waals surface area contributed by atoms with Crippen molar-refractivity contribution in [2.45, 2.75) is 57.9 Å². The van der Waals surface area contributed by atoms with Gasteiger partial charge < -0.3 is 45.3 Å². The normalized spacial score (nSPS) is 13.0. The molecule has 0 spiro atoms. The number of nitrogens with one attached hydrogen (secondary N) is 3. The minimum atomic E-state index is -0.398. The fraction of sp³-hybridized carbons (Fsp3) is 0.450. The van der Waals surface area contributed by atoms with E-state index in [2.05, 4.69) is 29.6 Å². The molecule has 1 saturated heterocycles. The molecule has 286 valence electrons. The number of anilines is 2. The summed E-state index contributed by atoms with van der Waals surface area (Å²) < 4.78 is 17.6. The van der Waals surface area contributed by atoms with Crippen LogP contribution in [0.2, 0.25) is 0 Å². The number of aryl methyl sites for hydroxylation is 1. The molecule has 13 nitrogen and oxygen atoms in total. The molecule has 1 aliphatic heterocycles. The molecule has 3 aromatic carbocycles. The number of hydrogen-bond acceptors (Lipinski definition) is 8. The summed E-state index contributed by atoms with van der Waals surface area (Å²) in [7, 11) is 7.37. The Morgan fingerprint density at radius 1 is 0.887 bits per heavy atom. The SMILES string of the molecule is COc1cc(C(=O)N(C)c2ccc(C)cc2OCCCCCC(=O)N2CCC(N(C)C)CC2)ccc1NC(=O)c1ccccc1OCCCNC(=N)N. The van der Waals surface area contributed by atoms with Crippen molar-refractivity contribution in [3.63, 3.8) is 0 Å². The summed E-state index contributed by atoms with van der Waals surface area (Å²) in [5.74, 6) is 0.792. The average Bonchev–Trinajstić information content (AvgIpc) is 3.15. The number of carbonyl (C=O) groups excluding carboxylic acids is 3. The van der Waals surface area contributed by atoms with Gasteiger partial charge in [0.25, 0.3) is 11.8 Å². The van der Waals surface area contributed by atoms with Crippen molar-refractivity contribution in [1.82, 2.24) is 15.1 Å². The van der Waals surface area contributed by atoms with Crippen LogP contribution >= 0.6 is 0 Å². The lowest BCUT2D eigenvalue weighted by Gasteiger charge is -2.35. The number of guanidine groups is 1. The number of amides is 3. The Hall–Kier alpha value is -5.30. The Bertz CT molecular complexity index is 1710. The molecule has 13 heteroatoms. The topological polar surface area (TPSA) is 163 Å². The third-order valence-electron chi connectivity index (χ3n) is 9.34. The van der Waals surface area contributed by atoms with Crippen molar-refractivity contribution in [1.29, 1.82) is 5.41 Å². The minimum absolute atomic E-state index is 0.109. The predicted molar refractivity (Wildman–Crippen MR) is 209 cm³/mol. The van der Waals surface area contributed by atoms with Gasteiger partial charge in [-0.05, 0) is 108 Å². The number of nitrogens with two attached hydrogens (primary N) is 1. The van der Waals surface area contributed by atoms with E-state index in [-0.39, 0.29) is 17.8 Å². The third-order valence-corrected chi connectivity index (χ3v) is 9.34. The number of benzene rings is 3. The van der Waals surface area contributed by atoms with Crippen LogP contribution in [0.25, 0.3) is 0 Å². The number of unbranched alkanes of at least 4 members (excludes halogenated alkanes) is 2. The largest absolute Gasteiger partial charge is 0.495 e. The van der Waals surface area contributed by atoms with E-state index in [4.69, 9.17) is 25.4 Å². The number of carbonyl (C=O) groups is 3. The first-order valence-electron chi connectivity index (χ1n) is 18.2. The van der Waals surface area contributed by atoms with Crippen LogP contribution in [-0.2, 0) is 4.79 Å². The summed E-state index contributed by atoms with van der Waals surface area (Å²) in [4.78, 5) is 45.6. The van der Waals surface area contributed by atoms with Crippen LogP contribution in [0, 0.1) is 12.3 Å². The maximum absolute atomic E-state index is 13.7. The molecule has 1 fully saturated rings. The standard InChI is InChI=1S/C40H55N7O6/c1-28-15-18-33(36(26-28)53-24-10-6-7-14-37(48)47-22-19-30(20-23-47)45(2)3)46(4)39(50)29-16-17-32(35(27-29)51-5)44-38(49)31-12-8-9-13-34(31)52-25-11-21-43-40(41)42/h8-9,12-13,15-18,26-27,30H,6-7,10-11,14,19-25H2,1-5H3,(H,44,49)(H4,41,42,43). The van der Waals surface area contributed by atoms with Crippen LogP contribution in [0.3, 0.4) is 0 Å². The second-order valence-electron chi connectivity index (χ2n) is 13.5. The summed E-state index contributed by atoms with van der Waals surface area (Å²) in [6, 6.07) is 18.1. The van der Waals surface area contributed by atoms with Gasteiger partial charge in [-0.2, -0.15) is 0 Å². The molecule has 53 heavy (non-hydrogen) atoms. The molecule has 4 rings (SSSR count). The molecule has 0 aromatic heterocycles. The number of ether oxygens (including phenoxy) is 3. The van der Waals surface area contributed by atoms with E-state index in [1.165, 1.54) is 7.11 Å². The maximum Gasteiger partial charge on any atom is 0.259 e. The molecular weight excluding hydrogens is 674 g/mol. The number of likely N-dealkylation sites (tertiary alicyclic amines) is 1. The summed E-state index contributed by atoms with van der Waals surface area (Å²) in [6.07, 6.45) is 5.66. The molecule has 1 aliphatic rings. The number of nitrogens with zero attached hydrogens (tertiary/aromatic N) is 3. The molecule has 5 N–H and O–H groups in total. The van der Waals surface area contributed by atoms with E-state index in [1.807, 2.05) is 30.0 Å². The van der Waals surface area contributed by atoms with E-state index < -0.39 is 5.91 Å². The van der Waals surface area contributed by atoms with Gasteiger partial charge in [-0.15, -0.1) is 0 Å². The van der Waals surface area contributed by atoms with Gasteiger partial charge >= 0.3 is 0 Å². The van der Waals surface area contributed by atoms with Gasteiger partial charge in [0.1, 0.15) is 17.2 Å². The molecule has 0 radical (unpaired) electrons. The third kappa shape index (κ3) is 11.9. The van der Waals surface area contributed by atoms with Gasteiger partial charge in [0.05, 0.1) is 37.3 Å². The van der Waals surface area contributed by atoms with Gasteiger partial charge in [-0.25, -0.2) is 0 Å². The van der Waals surface area contributed by atoms with E-state index in [0.717, 1.165) is 50.8 Å². The highest BCUT2D eigenvalue weighted by Gasteiger charge is 2.24. The van der Waals surface area contributed by atoms with Crippen LogP contribution in [0.15, 0.2) is 60.7 Å². The zero-order chi connectivity index (χ0) is 38.3. The average molecular weight is 730 g/mol. The van der Waals surface area contributed by atoms with Crippen molar-refractivity contribution in [2.24, 2.45) is 5.73 Å². The van der Waals surface area contributed by atoms with Crippen LogP contribution in [-0.4, -0.2) is 101 Å². The second kappa shape index (κ2) is 20.1. The number of piperidine rings is 1. The smallest absolute Gasteiger partial charge is 0.259 e. The summed E-state index contributed by atoms with van der Waals surface area (Å²) in [5, 5.41) is 12.8. The van der Waals surface area contributed by atoms with Crippen LogP contribution in [0.5, 0.6) is 17.2 Å². The van der Waals surface area contributed by atoms with Crippen molar-refractivity contribution in [3.8, 4) is 17.2 Å². The molecule has 1 heterocycles. The maximum atomic E-state index is 13.7. The van der Waals surface area contributed by atoms with E-state index in [1.54, 1.807) is 54.4 Å². The fourth-order valence-electron chi connectivity index (χ4n) is 6.22. The van der Waals surface area contributed by atoms with Crippen molar-refractivity contribution < 1.29 is 28.6 Å². The summed E-state index contributed by atoms with van der Waals surface area (Å²) in [5.41, 5.74) is 8.05. The van der Waals surface area contributed by atoms with E-state index in [9.17, 15) is 14.4 Å². The quantitative estimate of drug-likeness (QED) is 0.0776. The highest BCUT2D eigenvalue weighted by Crippen LogP contribution is 2.32. The molecule has 0 atom stereocenters. The molecule has 0 saturated carbocycles. The van der Waals surface area contributed by atoms with Gasteiger partial charge in [0, 0.05) is 44.7 Å². The predicted octanol–water partition coefficient (Wildman–Crippen LogP) is 5.28. The fourth-order valence-corrected chi connectivity index (χ4v) is 6.22. The minimum Gasteiger partial charge on any atom is -0.495 e. The lowest BCUT2D eigenvalue weighted by Crippen LogP contribution is -2.44. The van der Waals surface area contributed by atoms with E-state index in [0.29, 0.717) is 78.4 Å². The Balaban J connectivity index is 1.31. The van der Waals surface area contributed by atoms with Crippen LogP contribution in [0.4, 0.5) is 11.4 Å². The number of para-hydroxylation sites is 1. The highest BCUT2D eigenvalue weighted by molar-refractivity contribution is 6.09. The van der Waals surface area contributed by atoms with Crippen molar-refractivity contribution in [2.75, 3.05) is 71.3 Å². The zero-order valence-electron chi connectivity index (χ0n) is 31.7. The first-order valence-corrected chi connectivity index (χ1v) is 18.2. The van der Waals surface area contributed by atoms with Crippen molar-refractivity contribution in [3.05, 3.63) is 77.4 Å². The lowest BCUT2D eigenvalue weighted by molar-refractivity contribution is -0.132. The molecule has 0 aliphatic carbocycles. The molecule has 0 bridgehead atoms. The molecule has 0 unspecified atom stereocenters. The van der Waals surface area contributed by atoms with Gasteiger partial charge in [-0.1, -0.05) is 18.2 Å². The van der Waals surface area contributed by atoms with E-state index >= 15 is 0 Å². The first-order chi connectivity index (χ1) is 25.5. The Kier molecular flexibility index (Phi) is 15.3. The summed E-state index contributed by atoms with van der Waals surface area (Å²) in [6.45, 7) is 4.90. The second-order valence-corrected chi connectivity index (χ2v) is 13.5. The molecule has 3 aromatic rings. The Morgan fingerprint density at radius 2 is 1.60 bits per heavy atom. The van der Waals surface area contributed by atoms with Gasteiger partial charge in [0.2, 0.25) is 5.91 Å². The molecular formula is C40H55N7O6. The number of methoxy groups -OCH3 is 1. The van der Waals surface area contributed by atoms with Crippen LogP contribution < -0.4 is 35.5 Å². The Labute approximate surface area is 313 Å². The highest BCUT2D eigenvalue weighted by atomic mass is 16.5. The zero-order valence-corrected chi connectivity index (χ0v) is 31.7. The lowest BCUT2D eigenvalue weighted by atomic mass is 10.0. The van der Waals surface area contributed by atoms with Gasteiger partial charge in [0.15, 0.2) is 5.96 Å². The van der Waals surface area contributed by atoms with Crippen molar-refractivity contribution >= 4 is 35.1 Å². The first kappa shape index (κ1) is 40.5. The monoisotopic (exact) mass is 729 g/mol. The number of hydrogen-bond donors (Lipinski definition) is 4. The van der Waals surface area contributed by atoms with Crippen LogP contribution in [0.1, 0.15) is 71.2 Å². The Morgan fingerprint density at radius 3 is 2.32 bits per heavy atom. The molecule has 3 amide bonds. The number of rotatable bonds is 18.